The number of rotatable bonds is 8. The average Bonchev–Trinajstić information content (AvgIpc) is 2.79. The molecule has 11 heteroatoms. The van der Waals surface area contributed by atoms with Gasteiger partial charge in [0.1, 0.15) is 18.2 Å². The van der Waals surface area contributed by atoms with Crippen LogP contribution < -0.4 is 9.64 Å². The highest BCUT2D eigenvalue weighted by Gasteiger charge is 2.32. The first-order valence-electron chi connectivity index (χ1n) is 10.3. The summed E-state index contributed by atoms with van der Waals surface area (Å²) in [7, 11) is 0. The third kappa shape index (κ3) is 5.48. The molecule has 1 aliphatic rings. The van der Waals surface area contributed by atoms with Gasteiger partial charge in [-0.05, 0) is 31.2 Å². The van der Waals surface area contributed by atoms with E-state index >= 15 is 0 Å². The second-order valence-corrected chi connectivity index (χ2v) is 7.00. The normalized spacial score (nSPS) is 14.0. The van der Waals surface area contributed by atoms with Gasteiger partial charge in [0.05, 0.1) is 11.5 Å². The monoisotopic (exact) mass is 444 g/mol. The minimum atomic E-state index is -0.721. The standard InChI is InChI=1S/C21H24N4O7/c1-3-17(26)14-5-7-15(8-6-14)31-20-18(25(28)29)19(22-13-23-20)24-11-9-16(10-12-24)32-21(27)30-4-2/h5-8,13,16H,3-4,9-12H2,1-2H3. The number of hydrogen-bond donors (Lipinski definition) is 0. The molecule has 2 heterocycles. The van der Waals surface area contributed by atoms with Gasteiger partial charge in [0.25, 0.3) is 0 Å². The van der Waals surface area contributed by atoms with Crippen LogP contribution in [0.15, 0.2) is 30.6 Å². The number of carbonyl (C=O) groups excluding carboxylic acids is 2. The van der Waals surface area contributed by atoms with Gasteiger partial charge in [-0.3, -0.25) is 14.9 Å². The van der Waals surface area contributed by atoms with E-state index in [2.05, 4.69) is 9.97 Å². The first kappa shape index (κ1) is 22.9. The smallest absolute Gasteiger partial charge is 0.435 e. The molecule has 0 N–H and O–H groups in total. The zero-order valence-corrected chi connectivity index (χ0v) is 17.9. The summed E-state index contributed by atoms with van der Waals surface area (Å²) in [6.07, 6.45) is 1.48. The topological polar surface area (TPSA) is 134 Å². The van der Waals surface area contributed by atoms with Crippen molar-refractivity contribution in [1.29, 1.82) is 0 Å². The van der Waals surface area contributed by atoms with E-state index in [1.807, 2.05) is 0 Å². The molecule has 0 bridgehead atoms. The number of hydrogen-bond acceptors (Lipinski definition) is 10. The number of Topliss-reactive ketones (excluding diaryl/α,β-unsaturated/α-hetero) is 1. The van der Waals surface area contributed by atoms with Crippen LogP contribution in [0.25, 0.3) is 0 Å². The Morgan fingerprint density at radius 3 is 2.44 bits per heavy atom. The third-order valence-electron chi connectivity index (χ3n) is 4.93. The number of ether oxygens (including phenoxy) is 3. The minimum Gasteiger partial charge on any atom is -0.435 e. The summed E-state index contributed by atoms with van der Waals surface area (Å²) in [5, 5.41) is 11.8. The Morgan fingerprint density at radius 2 is 1.84 bits per heavy atom. The molecule has 0 saturated carbocycles. The number of ketones is 1. The Balaban J connectivity index is 1.75. The van der Waals surface area contributed by atoms with Gasteiger partial charge in [-0.25, -0.2) is 9.78 Å². The predicted molar refractivity (Wildman–Crippen MR) is 113 cm³/mol. The quantitative estimate of drug-likeness (QED) is 0.255. The van der Waals surface area contributed by atoms with Crippen LogP contribution in [-0.2, 0) is 9.47 Å². The van der Waals surface area contributed by atoms with Crippen LogP contribution in [0.3, 0.4) is 0 Å². The third-order valence-corrected chi connectivity index (χ3v) is 4.93. The van der Waals surface area contributed by atoms with Gasteiger partial charge >= 0.3 is 17.7 Å². The van der Waals surface area contributed by atoms with E-state index < -0.39 is 11.1 Å². The van der Waals surface area contributed by atoms with Crippen molar-refractivity contribution >= 4 is 23.4 Å². The number of nitrogens with zero attached hydrogens (tertiary/aromatic N) is 4. The summed E-state index contributed by atoms with van der Waals surface area (Å²) in [5.74, 6) is 0.237. The summed E-state index contributed by atoms with van der Waals surface area (Å²) in [5.41, 5.74) is 0.177. The molecule has 0 aliphatic carbocycles. The lowest BCUT2D eigenvalue weighted by Gasteiger charge is -2.31. The van der Waals surface area contributed by atoms with E-state index in [0.717, 1.165) is 0 Å². The molecule has 170 valence electrons. The maximum Gasteiger partial charge on any atom is 0.508 e. The highest BCUT2D eigenvalue weighted by atomic mass is 16.7. The van der Waals surface area contributed by atoms with Crippen molar-refractivity contribution < 1.29 is 28.7 Å². The lowest BCUT2D eigenvalue weighted by Crippen LogP contribution is -2.38. The molecule has 0 atom stereocenters. The first-order chi connectivity index (χ1) is 15.4. The van der Waals surface area contributed by atoms with Crippen molar-refractivity contribution in [2.45, 2.75) is 39.2 Å². The Labute approximate surface area is 184 Å². The van der Waals surface area contributed by atoms with Crippen LogP contribution in [0.4, 0.5) is 16.3 Å². The Bertz CT molecular complexity index is 973. The van der Waals surface area contributed by atoms with Crippen molar-refractivity contribution in [2.24, 2.45) is 0 Å². The predicted octanol–water partition coefficient (Wildman–Crippen LogP) is 3.91. The number of carbonyl (C=O) groups is 2. The fourth-order valence-corrected chi connectivity index (χ4v) is 3.32. The molecule has 1 saturated heterocycles. The fraction of sp³-hybridized carbons (Fsp3) is 0.429. The van der Waals surface area contributed by atoms with Gasteiger partial charge in [-0.1, -0.05) is 6.92 Å². The first-order valence-corrected chi connectivity index (χ1v) is 10.3. The summed E-state index contributed by atoms with van der Waals surface area (Å²) >= 11 is 0. The Morgan fingerprint density at radius 1 is 1.16 bits per heavy atom. The van der Waals surface area contributed by atoms with Crippen LogP contribution in [0.2, 0.25) is 0 Å². The number of anilines is 1. The highest BCUT2D eigenvalue weighted by molar-refractivity contribution is 5.95. The molecule has 1 aliphatic heterocycles. The molecule has 11 nitrogen and oxygen atoms in total. The average molecular weight is 444 g/mol. The summed E-state index contributed by atoms with van der Waals surface area (Å²) in [6.45, 7) is 4.48. The van der Waals surface area contributed by atoms with E-state index in [0.29, 0.717) is 43.7 Å². The van der Waals surface area contributed by atoms with E-state index in [4.69, 9.17) is 14.2 Å². The van der Waals surface area contributed by atoms with E-state index in [1.165, 1.54) is 6.33 Å². The molecule has 0 spiro atoms. The molecule has 32 heavy (non-hydrogen) atoms. The van der Waals surface area contributed by atoms with Gasteiger partial charge in [-0.15, -0.1) is 0 Å². The summed E-state index contributed by atoms with van der Waals surface area (Å²) in [4.78, 5) is 44.3. The lowest BCUT2D eigenvalue weighted by atomic mass is 10.1. The minimum absolute atomic E-state index is 0.0119. The van der Waals surface area contributed by atoms with Gasteiger partial charge < -0.3 is 19.1 Å². The van der Waals surface area contributed by atoms with E-state index in [9.17, 15) is 19.7 Å². The van der Waals surface area contributed by atoms with Crippen molar-refractivity contribution in [2.75, 3.05) is 24.6 Å². The molecule has 0 unspecified atom stereocenters. The largest absolute Gasteiger partial charge is 0.508 e. The second-order valence-electron chi connectivity index (χ2n) is 7.00. The molecule has 0 amide bonds. The summed E-state index contributed by atoms with van der Waals surface area (Å²) in [6, 6.07) is 6.33. The van der Waals surface area contributed by atoms with Crippen molar-refractivity contribution in [3.8, 4) is 11.6 Å². The van der Waals surface area contributed by atoms with Crippen LogP contribution in [0, 0.1) is 10.1 Å². The highest BCUT2D eigenvalue weighted by Crippen LogP contribution is 2.37. The number of piperidine rings is 1. The zero-order chi connectivity index (χ0) is 23.1. The SMILES string of the molecule is CCOC(=O)OC1CCN(c2ncnc(Oc3ccc(C(=O)CC)cc3)c2[N+](=O)[O-])CC1. The zero-order valence-electron chi connectivity index (χ0n) is 17.9. The molecule has 2 aromatic rings. The van der Waals surface area contributed by atoms with Crippen molar-refractivity contribution in [3.63, 3.8) is 0 Å². The van der Waals surface area contributed by atoms with Crippen LogP contribution in [0.5, 0.6) is 11.6 Å². The molecule has 1 aromatic carbocycles. The van der Waals surface area contributed by atoms with Gasteiger partial charge in [0.2, 0.25) is 5.82 Å². The maximum atomic E-state index is 11.8. The van der Waals surface area contributed by atoms with Crippen LogP contribution in [0.1, 0.15) is 43.5 Å². The second kappa shape index (κ2) is 10.5. The number of benzene rings is 1. The van der Waals surface area contributed by atoms with E-state index in [1.54, 1.807) is 43.0 Å². The van der Waals surface area contributed by atoms with Gasteiger partial charge in [-0.2, -0.15) is 4.98 Å². The van der Waals surface area contributed by atoms with Crippen molar-refractivity contribution in [1.82, 2.24) is 9.97 Å². The Kier molecular flexibility index (Phi) is 7.53. The molecular weight excluding hydrogens is 420 g/mol. The van der Waals surface area contributed by atoms with Crippen molar-refractivity contribution in [3.05, 3.63) is 46.3 Å². The molecular formula is C21H24N4O7. The molecule has 0 radical (unpaired) electrons. The van der Waals surface area contributed by atoms with Crippen LogP contribution in [-0.4, -0.2) is 52.6 Å². The number of nitro groups is 1. The van der Waals surface area contributed by atoms with Gasteiger partial charge in [0.15, 0.2) is 5.78 Å². The van der Waals surface area contributed by atoms with Crippen LogP contribution >= 0.6 is 0 Å². The van der Waals surface area contributed by atoms with E-state index in [-0.39, 0.29) is 35.9 Å². The molecule has 1 fully saturated rings. The number of aromatic nitrogens is 2. The fourth-order valence-electron chi connectivity index (χ4n) is 3.32. The summed E-state index contributed by atoms with van der Waals surface area (Å²) < 4.78 is 15.7. The molecule has 1 aromatic heterocycles. The maximum absolute atomic E-state index is 11.8. The van der Waals surface area contributed by atoms with Gasteiger partial charge in [0, 0.05) is 37.9 Å². The lowest BCUT2D eigenvalue weighted by molar-refractivity contribution is -0.385. The molecule has 3 rings (SSSR count). The Hall–Kier alpha value is -3.76.